The van der Waals surface area contributed by atoms with Crippen molar-refractivity contribution in [3.63, 3.8) is 0 Å². The molecule has 8 atom stereocenters. The first kappa shape index (κ1) is 14.8. The highest BCUT2D eigenvalue weighted by atomic mass is 16.7. The molecular formula is C21H24O5. The van der Waals surface area contributed by atoms with E-state index in [-0.39, 0.29) is 46.5 Å². The molecule has 5 nitrogen and oxygen atoms in total. The van der Waals surface area contributed by atoms with Gasteiger partial charge in [0.1, 0.15) is 30.0 Å². The lowest BCUT2D eigenvalue weighted by Gasteiger charge is -2.52. The summed E-state index contributed by atoms with van der Waals surface area (Å²) in [7, 11) is 0. The van der Waals surface area contributed by atoms with E-state index >= 15 is 0 Å². The van der Waals surface area contributed by atoms with Crippen molar-refractivity contribution < 1.29 is 23.7 Å². The molecule has 7 rings (SSSR count). The minimum Gasteiger partial charge on any atom is -0.458 e. The standard InChI is InChI=1S/C21H24O5/c1-9(2)19-10(3)20-14(24-20)7-13-12-8-23-17(22)11(12)5-6-18(13,4)21(20)16(26-21)15(19)25-19/h9,13-16H,3,5-8H2,1-2,4H3. The zero-order chi connectivity index (χ0) is 17.9. The van der Waals surface area contributed by atoms with Gasteiger partial charge in [0.15, 0.2) is 5.60 Å². The van der Waals surface area contributed by atoms with Crippen LogP contribution in [0.3, 0.4) is 0 Å². The second-order valence-corrected chi connectivity index (χ2v) is 9.87. The van der Waals surface area contributed by atoms with Crippen LogP contribution in [0.1, 0.15) is 40.0 Å². The Kier molecular flexibility index (Phi) is 2.12. The Morgan fingerprint density at radius 3 is 2.77 bits per heavy atom. The molecule has 7 aliphatic rings. The Morgan fingerprint density at radius 1 is 1.19 bits per heavy atom. The summed E-state index contributed by atoms with van der Waals surface area (Å²) in [6.07, 6.45) is 2.98. The van der Waals surface area contributed by atoms with Gasteiger partial charge in [-0.05, 0) is 42.2 Å². The lowest BCUT2D eigenvalue weighted by molar-refractivity contribution is -0.136. The third kappa shape index (κ3) is 1.11. The van der Waals surface area contributed by atoms with Crippen LogP contribution in [0.5, 0.6) is 0 Å². The van der Waals surface area contributed by atoms with Gasteiger partial charge in [-0.1, -0.05) is 27.4 Å². The molecule has 3 saturated heterocycles. The molecule has 4 heterocycles. The zero-order valence-electron chi connectivity index (χ0n) is 15.5. The second kappa shape index (κ2) is 3.71. The normalized spacial score (nSPS) is 60.3. The van der Waals surface area contributed by atoms with E-state index in [0.717, 1.165) is 30.4 Å². The fourth-order valence-corrected chi connectivity index (χ4v) is 7.68. The van der Waals surface area contributed by atoms with E-state index < -0.39 is 0 Å². The summed E-state index contributed by atoms with van der Waals surface area (Å²) < 4.78 is 24.8. The Hall–Kier alpha value is -1.17. The van der Waals surface area contributed by atoms with E-state index in [1.165, 1.54) is 5.57 Å². The van der Waals surface area contributed by atoms with Gasteiger partial charge < -0.3 is 18.9 Å². The van der Waals surface area contributed by atoms with Gasteiger partial charge in [-0.15, -0.1) is 0 Å². The Labute approximate surface area is 152 Å². The highest BCUT2D eigenvalue weighted by Crippen LogP contribution is 2.84. The summed E-state index contributed by atoms with van der Waals surface area (Å²) in [4.78, 5) is 12.1. The molecule has 8 unspecified atom stereocenters. The molecule has 0 aromatic carbocycles. The average Bonchev–Trinajstić information content (AvgIpc) is 3.47. The number of ether oxygens (including phenoxy) is 4. The quantitative estimate of drug-likeness (QED) is 0.410. The fourth-order valence-electron chi connectivity index (χ4n) is 7.68. The first-order valence-electron chi connectivity index (χ1n) is 9.97. The second-order valence-electron chi connectivity index (χ2n) is 9.87. The number of fused-ring (bicyclic) bond motifs is 4. The molecule has 5 fully saturated rings. The number of rotatable bonds is 1. The van der Waals surface area contributed by atoms with Gasteiger partial charge in [-0.2, -0.15) is 0 Å². The lowest BCUT2D eigenvalue weighted by atomic mass is 9.46. The highest BCUT2D eigenvalue weighted by molar-refractivity contribution is 5.92. The molecule has 0 amide bonds. The van der Waals surface area contributed by atoms with Gasteiger partial charge in [0.2, 0.25) is 0 Å². The van der Waals surface area contributed by atoms with E-state index in [0.29, 0.717) is 18.4 Å². The Balaban J connectivity index is 1.40. The van der Waals surface area contributed by atoms with Gasteiger partial charge in [-0.25, -0.2) is 4.79 Å². The fraction of sp³-hybridized carbons (Fsp3) is 0.762. The van der Waals surface area contributed by atoms with Crippen molar-refractivity contribution >= 4 is 5.97 Å². The van der Waals surface area contributed by atoms with Crippen LogP contribution in [-0.2, 0) is 23.7 Å². The number of hydrogen-bond acceptors (Lipinski definition) is 5. The van der Waals surface area contributed by atoms with E-state index in [4.69, 9.17) is 18.9 Å². The molecule has 0 aromatic heterocycles. The van der Waals surface area contributed by atoms with Crippen LogP contribution >= 0.6 is 0 Å². The topological polar surface area (TPSA) is 63.9 Å². The van der Waals surface area contributed by atoms with Crippen LogP contribution in [0.25, 0.3) is 0 Å². The van der Waals surface area contributed by atoms with Crippen molar-refractivity contribution in [2.45, 2.75) is 75.1 Å². The third-order valence-electron chi connectivity index (χ3n) is 9.05. The van der Waals surface area contributed by atoms with Gasteiger partial charge >= 0.3 is 5.97 Å². The molecule has 2 spiro atoms. The number of epoxide rings is 3. The summed E-state index contributed by atoms with van der Waals surface area (Å²) in [6.45, 7) is 11.7. The smallest absolute Gasteiger partial charge is 0.334 e. The molecule has 0 aromatic rings. The maximum atomic E-state index is 12.1. The Morgan fingerprint density at radius 2 is 2.00 bits per heavy atom. The zero-order valence-corrected chi connectivity index (χ0v) is 15.5. The van der Waals surface area contributed by atoms with E-state index in [2.05, 4.69) is 27.4 Å². The minimum absolute atomic E-state index is 0.0600. The summed E-state index contributed by atoms with van der Waals surface area (Å²) in [5, 5.41) is 0. The SMILES string of the molecule is C=C1C2(C(C)C)OC2C2OC23C2(C)CCC4=C(COC4=O)C2CC2OC123. The average molecular weight is 356 g/mol. The van der Waals surface area contributed by atoms with Crippen LogP contribution in [0.15, 0.2) is 23.3 Å². The number of hydrogen-bond donors (Lipinski definition) is 0. The molecule has 0 bridgehead atoms. The molecule has 3 aliphatic carbocycles. The van der Waals surface area contributed by atoms with Crippen molar-refractivity contribution in [2.75, 3.05) is 6.61 Å². The number of cyclic esters (lactones) is 1. The van der Waals surface area contributed by atoms with Crippen LogP contribution in [0, 0.1) is 17.3 Å². The monoisotopic (exact) mass is 356 g/mol. The molecule has 5 heteroatoms. The van der Waals surface area contributed by atoms with Crippen LogP contribution < -0.4 is 0 Å². The summed E-state index contributed by atoms with van der Waals surface area (Å²) in [5.74, 6) is 0.550. The summed E-state index contributed by atoms with van der Waals surface area (Å²) in [6, 6.07) is 0. The summed E-state index contributed by atoms with van der Waals surface area (Å²) in [5.41, 5.74) is 2.18. The molecular weight excluding hydrogens is 332 g/mol. The van der Waals surface area contributed by atoms with E-state index in [9.17, 15) is 4.79 Å². The molecule has 4 aliphatic heterocycles. The van der Waals surface area contributed by atoms with Crippen molar-refractivity contribution in [2.24, 2.45) is 17.3 Å². The molecule has 0 N–H and O–H groups in total. The maximum absolute atomic E-state index is 12.1. The van der Waals surface area contributed by atoms with Crippen molar-refractivity contribution in [1.29, 1.82) is 0 Å². The van der Waals surface area contributed by atoms with Gasteiger partial charge in [-0.3, -0.25) is 0 Å². The minimum atomic E-state index is -0.387. The van der Waals surface area contributed by atoms with Gasteiger partial charge in [0.05, 0.1) is 6.10 Å². The summed E-state index contributed by atoms with van der Waals surface area (Å²) >= 11 is 0. The lowest BCUT2D eigenvalue weighted by Crippen LogP contribution is -2.64. The van der Waals surface area contributed by atoms with Gasteiger partial charge in [0.25, 0.3) is 0 Å². The maximum Gasteiger partial charge on any atom is 0.334 e. The molecule has 26 heavy (non-hydrogen) atoms. The van der Waals surface area contributed by atoms with Crippen LogP contribution in [0.4, 0.5) is 0 Å². The van der Waals surface area contributed by atoms with E-state index in [1.54, 1.807) is 0 Å². The van der Waals surface area contributed by atoms with Crippen LogP contribution in [-0.4, -0.2) is 47.7 Å². The van der Waals surface area contributed by atoms with Gasteiger partial charge in [0, 0.05) is 11.0 Å². The molecule has 2 saturated carbocycles. The highest BCUT2D eigenvalue weighted by Gasteiger charge is 2.98. The number of esters is 1. The van der Waals surface area contributed by atoms with E-state index in [1.807, 2.05) is 0 Å². The predicted molar refractivity (Wildman–Crippen MR) is 90.2 cm³/mol. The Bertz CT molecular complexity index is 858. The van der Waals surface area contributed by atoms with Crippen molar-refractivity contribution in [1.82, 2.24) is 0 Å². The molecule has 0 radical (unpaired) electrons. The van der Waals surface area contributed by atoms with Crippen LogP contribution in [0.2, 0.25) is 0 Å². The number of carbonyl (C=O) groups excluding carboxylic acids is 1. The first-order chi connectivity index (χ1) is 12.3. The molecule has 138 valence electrons. The van der Waals surface area contributed by atoms with Crippen molar-refractivity contribution in [3.8, 4) is 0 Å². The number of carbonyl (C=O) groups is 1. The van der Waals surface area contributed by atoms with Crippen molar-refractivity contribution in [3.05, 3.63) is 23.3 Å². The largest absolute Gasteiger partial charge is 0.458 e. The predicted octanol–water partition coefficient (Wildman–Crippen LogP) is 2.30. The first-order valence-corrected chi connectivity index (χ1v) is 9.97. The third-order valence-corrected chi connectivity index (χ3v) is 9.05.